The lowest BCUT2D eigenvalue weighted by atomic mass is 10.1. The van der Waals surface area contributed by atoms with E-state index in [0.717, 1.165) is 44.1 Å². The first-order chi connectivity index (χ1) is 26.0. The number of hydrogen-bond acceptors (Lipinski definition) is 5. The van der Waals surface area contributed by atoms with Crippen LogP contribution in [-0.2, 0) is 20.8 Å². The summed E-state index contributed by atoms with van der Waals surface area (Å²) in [5, 5.41) is 18.1. The number of nitrogens with one attached hydrogen (secondary N) is 3. The van der Waals surface area contributed by atoms with Gasteiger partial charge in [0.1, 0.15) is 11.8 Å². The number of benzene rings is 2. The predicted molar refractivity (Wildman–Crippen MR) is 219 cm³/mol. The lowest BCUT2D eigenvalue weighted by molar-refractivity contribution is -0.142. The maximum atomic E-state index is 12.9. The number of carbonyl (C=O) groups excluding carboxylic acids is 3. The van der Waals surface area contributed by atoms with Gasteiger partial charge < -0.3 is 25.8 Å². The zero-order valence-corrected chi connectivity index (χ0v) is 32.5. The Kier molecular flexibility index (Phi) is 22.2. The molecule has 0 fully saturated rings. The maximum absolute atomic E-state index is 12.9. The molecule has 0 aliphatic rings. The third-order valence-corrected chi connectivity index (χ3v) is 8.14. The zero-order valence-electron chi connectivity index (χ0n) is 31.8. The number of allylic oxidation sites excluding steroid dienone is 12. The summed E-state index contributed by atoms with van der Waals surface area (Å²) in [6.07, 6.45) is 32.0. The molecule has 290 valence electrons. The van der Waals surface area contributed by atoms with Crippen LogP contribution in [0.5, 0.6) is 5.75 Å². The second kappa shape index (κ2) is 26.6. The van der Waals surface area contributed by atoms with E-state index in [0.29, 0.717) is 35.7 Å². The van der Waals surface area contributed by atoms with Crippen LogP contribution in [0.3, 0.4) is 0 Å². The third-order valence-electron chi connectivity index (χ3n) is 7.88. The smallest absolute Gasteiger partial charge is 0.328 e. The largest absolute Gasteiger partial charge is 0.480 e. The highest BCUT2D eigenvalue weighted by Crippen LogP contribution is 2.20. The van der Waals surface area contributed by atoms with Crippen LogP contribution in [0.25, 0.3) is 0 Å². The van der Waals surface area contributed by atoms with Crippen molar-refractivity contribution in [3.05, 3.63) is 138 Å². The lowest BCUT2D eigenvalue weighted by Gasteiger charge is -2.26. The number of hydrogen-bond donors (Lipinski definition) is 4. The maximum Gasteiger partial charge on any atom is 0.328 e. The average molecular weight is 758 g/mol. The van der Waals surface area contributed by atoms with Crippen LogP contribution in [0.15, 0.2) is 121 Å². The van der Waals surface area contributed by atoms with Gasteiger partial charge in [-0.15, -0.1) is 0 Å². The van der Waals surface area contributed by atoms with E-state index < -0.39 is 29.4 Å². The van der Waals surface area contributed by atoms with Crippen molar-refractivity contribution in [1.29, 1.82) is 0 Å². The quantitative estimate of drug-likeness (QED) is 0.0750. The van der Waals surface area contributed by atoms with Gasteiger partial charge in [0.2, 0.25) is 5.91 Å². The predicted octanol–water partition coefficient (Wildman–Crippen LogP) is 8.63. The van der Waals surface area contributed by atoms with Crippen molar-refractivity contribution in [3.8, 4) is 5.75 Å². The minimum Gasteiger partial charge on any atom is -0.480 e. The van der Waals surface area contributed by atoms with Crippen LogP contribution in [-0.4, -0.2) is 53.5 Å². The Hall–Kier alpha value is -5.15. The monoisotopic (exact) mass is 757 g/mol. The molecule has 0 radical (unpaired) electrons. The van der Waals surface area contributed by atoms with Crippen LogP contribution in [0.1, 0.15) is 88.1 Å². The molecule has 0 saturated heterocycles. The Balaban J connectivity index is 1.64. The van der Waals surface area contributed by atoms with E-state index in [9.17, 15) is 24.3 Å². The van der Waals surface area contributed by atoms with Crippen molar-refractivity contribution in [2.45, 2.75) is 90.2 Å². The molecule has 10 heteroatoms. The van der Waals surface area contributed by atoms with Gasteiger partial charge in [-0.3, -0.25) is 14.4 Å². The number of rotatable bonds is 25. The highest BCUT2D eigenvalue weighted by Gasteiger charge is 2.31. The van der Waals surface area contributed by atoms with Gasteiger partial charge in [-0.05, 0) is 107 Å². The highest BCUT2D eigenvalue weighted by atomic mass is 35.5. The van der Waals surface area contributed by atoms with Gasteiger partial charge in [0.25, 0.3) is 11.8 Å². The molecule has 54 heavy (non-hydrogen) atoms. The molecule has 0 aromatic heterocycles. The van der Waals surface area contributed by atoms with E-state index in [1.165, 1.54) is 0 Å². The fraction of sp³-hybridized carbons (Fsp3) is 0.364. The first-order valence-electron chi connectivity index (χ1n) is 18.5. The number of carboxylic acid groups (broad SMARTS) is 1. The van der Waals surface area contributed by atoms with Gasteiger partial charge in [-0.1, -0.05) is 104 Å². The average Bonchev–Trinajstić information content (AvgIpc) is 3.14. The second-order valence-corrected chi connectivity index (χ2v) is 13.3. The van der Waals surface area contributed by atoms with E-state index in [-0.39, 0.29) is 18.9 Å². The Bertz CT molecular complexity index is 1620. The molecule has 0 bridgehead atoms. The molecule has 0 saturated carbocycles. The summed E-state index contributed by atoms with van der Waals surface area (Å²) in [5.41, 5.74) is 0.163. The topological polar surface area (TPSA) is 134 Å². The Labute approximate surface area is 326 Å². The van der Waals surface area contributed by atoms with Gasteiger partial charge in [-0.25, -0.2) is 4.79 Å². The molecular weight excluding hydrogens is 702 g/mol. The molecule has 0 heterocycles. The van der Waals surface area contributed by atoms with Gasteiger partial charge >= 0.3 is 5.97 Å². The summed E-state index contributed by atoms with van der Waals surface area (Å²) in [5.74, 6) is -1.95. The first kappa shape index (κ1) is 45.0. The summed E-state index contributed by atoms with van der Waals surface area (Å²) in [6, 6.07) is 12.5. The molecule has 4 N–H and O–H groups in total. The van der Waals surface area contributed by atoms with Crippen LogP contribution < -0.4 is 20.7 Å². The van der Waals surface area contributed by atoms with Crippen LogP contribution in [0.4, 0.5) is 0 Å². The van der Waals surface area contributed by atoms with Crippen molar-refractivity contribution in [2.75, 3.05) is 13.1 Å². The summed E-state index contributed by atoms with van der Waals surface area (Å²) >= 11 is 5.88. The molecule has 1 atom stereocenters. The molecule has 0 aliphatic carbocycles. The van der Waals surface area contributed by atoms with Gasteiger partial charge in [0.05, 0.1) is 0 Å². The molecule has 1 unspecified atom stereocenters. The Morgan fingerprint density at radius 3 is 1.78 bits per heavy atom. The lowest BCUT2D eigenvalue weighted by Crippen LogP contribution is -2.53. The highest BCUT2D eigenvalue weighted by molar-refractivity contribution is 6.30. The molecule has 3 amide bonds. The van der Waals surface area contributed by atoms with Crippen molar-refractivity contribution < 1.29 is 29.0 Å². The number of aliphatic carboxylic acids is 1. The SMILES string of the molecule is CC/C=C\C/C=C\C/C=C\C/C=C\C/C=C\C/C=C\CCC(=O)NC(CNC(=O)C(C)(C)Oc1ccc(CCNC(=O)c2ccc(Cl)cc2)cc1)C(=O)O. The second-order valence-electron chi connectivity index (χ2n) is 12.9. The summed E-state index contributed by atoms with van der Waals surface area (Å²) in [7, 11) is 0. The van der Waals surface area contributed by atoms with Gasteiger partial charge in [0, 0.05) is 30.1 Å². The molecule has 2 rings (SSSR count). The summed E-state index contributed by atoms with van der Waals surface area (Å²) in [4.78, 5) is 49.5. The van der Waals surface area contributed by atoms with E-state index in [2.05, 4.69) is 83.6 Å². The number of carboxylic acids is 1. The molecule has 2 aromatic rings. The number of amides is 3. The van der Waals surface area contributed by atoms with E-state index in [1.807, 2.05) is 24.3 Å². The standard InChI is InChI=1S/C44H56ClN3O6/c1-4-5-6-7-8-9-10-11-12-13-14-15-16-17-18-19-20-21-22-23-40(49)48-39(42(51)52)34-47-43(53)44(2,3)54-38-30-24-35(25-31-38)32-33-46-41(50)36-26-28-37(45)29-27-36/h5-6,8-9,11-12,14-15,17-18,20-21,24-31,39H,4,7,10,13,16,19,22-23,32-34H2,1-3H3,(H,46,50)(H,47,53)(H,48,49)(H,51,52)/b6-5-,9-8-,12-11-,15-14-,18-17-,21-20-. The summed E-state index contributed by atoms with van der Waals surface area (Å²) in [6.45, 7) is 5.41. The minimum absolute atomic E-state index is 0.124. The third kappa shape index (κ3) is 20.2. The van der Waals surface area contributed by atoms with Crippen molar-refractivity contribution >= 4 is 35.3 Å². The molecule has 9 nitrogen and oxygen atoms in total. The van der Waals surface area contributed by atoms with Crippen LogP contribution in [0, 0.1) is 0 Å². The van der Waals surface area contributed by atoms with Crippen LogP contribution in [0.2, 0.25) is 5.02 Å². The minimum atomic E-state index is -1.32. The zero-order chi connectivity index (χ0) is 39.4. The van der Waals surface area contributed by atoms with Crippen molar-refractivity contribution in [2.24, 2.45) is 0 Å². The molecule has 0 aliphatic heterocycles. The first-order valence-corrected chi connectivity index (χ1v) is 18.9. The fourth-order valence-electron chi connectivity index (χ4n) is 4.82. The fourth-order valence-corrected chi connectivity index (χ4v) is 4.94. The van der Waals surface area contributed by atoms with Gasteiger partial charge in [-0.2, -0.15) is 0 Å². The number of ether oxygens (including phenoxy) is 1. The molecule has 0 spiro atoms. The Morgan fingerprint density at radius 1 is 0.741 bits per heavy atom. The van der Waals surface area contributed by atoms with E-state index >= 15 is 0 Å². The van der Waals surface area contributed by atoms with Crippen molar-refractivity contribution in [3.63, 3.8) is 0 Å². The Morgan fingerprint density at radius 2 is 1.26 bits per heavy atom. The molecule has 2 aromatic carbocycles. The van der Waals surface area contributed by atoms with Gasteiger partial charge in [0.15, 0.2) is 5.60 Å². The normalized spacial score (nSPS) is 12.7. The molecular formula is C44H56ClN3O6. The van der Waals surface area contributed by atoms with E-state index in [4.69, 9.17) is 16.3 Å². The number of halogens is 1. The summed E-state index contributed by atoms with van der Waals surface area (Å²) < 4.78 is 5.90. The van der Waals surface area contributed by atoms with Crippen molar-refractivity contribution in [1.82, 2.24) is 16.0 Å². The van der Waals surface area contributed by atoms with E-state index in [1.54, 1.807) is 50.2 Å². The van der Waals surface area contributed by atoms with Crippen LogP contribution >= 0.6 is 11.6 Å². The number of carbonyl (C=O) groups is 4.